The van der Waals surface area contributed by atoms with E-state index in [-0.39, 0.29) is 10.8 Å². The van der Waals surface area contributed by atoms with Gasteiger partial charge in [0.05, 0.1) is 35.9 Å². The van der Waals surface area contributed by atoms with Crippen LogP contribution in [-0.2, 0) is 19.6 Å². The Balaban J connectivity index is 1.70. The Kier molecular flexibility index (Phi) is 7.24. The molecule has 30 heavy (non-hydrogen) atoms. The van der Waals surface area contributed by atoms with E-state index in [2.05, 4.69) is 21.2 Å². The molecule has 0 aromatic heterocycles. The van der Waals surface area contributed by atoms with Crippen LogP contribution in [0, 0.1) is 0 Å². The number of anilines is 1. The van der Waals surface area contributed by atoms with E-state index in [0.717, 1.165) is 8.78 Å². The molecule has 0 bridgehead atoms. The maximum atomic E-state index is 12.8. The lowest BCUT2D eigenvalue weighted by Gasteiger charge is -2.27. The maximum absolute atomic E-state index is 12.8. The van der Waals surface area contributed by atoms with E-state index in [4.69, 9.17) is 4.74 Å². The lowest BCUT2D eigenvalue weighted by Crippen LogP contribution is -2.41. The highest BCUT2D eigenvalue weighted by atomic mass is 79.9. The van der Waals surface area contributed by atoms with Gasteiger partial charge in [0.15, 0.2) is 0 Å². The number of halogens is 1. The summed E-state index contributed by atoms with van der Waals surface area (Å²) >= 11 is 3.26. The molecule has 2 amide bonds. The van der Waals surface area contributed by atoms with E-state index in [1.54, 1.807) is 41.3 Å². The number of nitrogens with zero attached hydrogens (tertiary/aromatic N) is 2. The molecule has 2 aromatic rings. The van der Waals surface area contributed by atoms with Crippen molar-refractivity contribution >= 4 is 43.5 Å². The average molecular weight is 496 g/mol. The number of likely N-dealkylation sites (N-methyl/N-ethyl adjacent to an activating group) is 1. The van der Waals surface area contributed by atoms with E-state index in [1.165, 1.54) is 19.2 Å². The van der Waals surface area contributed by atoms with Gasteiger partial charge < -0.3 is 15.0 Å². The Labute approximate surface area is 184 Å². The van der Waals surface area contributed by atoms with Gasteiger partial charge in [-0.1, -0.05) is 28.1 Å². The standard InChI is InChI=1S/C20H22BrN3O5S/c1-23(30(27,28)16-8-6-15(21)7-9-16)14-19(25)22-18-5-3-2-4-17(18)20(26)24-10-12-29-13-11-24/h2-9H,10-14H2,1H3,(H,22,25). The summed E-state index contributed by atoms with van der Waals surface area (Å²) in [5.74, 6) is -0.745. The van der Waals surface area contributed by atoms with Crippen LogP contribution in [0.1, 0.15) is 10.4 Å². The highest BCUT2D eigenvalue weighted by molar-refractivity contribution is 9.10. The monoisotopic (exact) mass is 495 g/mol. The molecular weight excluding hydrogens is 474 g/mol. The second-order valence-corrected chi connectivity index (χ2v) is 9.67. The molecule has 0 radical (unpaired) electrons. The predicted molar refractivity (Wildman–Crippen MR) is 116 cm³/mol. The molecule has 0 saturated carbocycles. The summed E-state index contributed by atoms with van der Waals surface area (Å²) in [6, 6.07) is 12.8. The zero-order valence-corrected chi connectivity index (χ0v) is 18.8. The van der Waals surface area contributed by atoms with Crippen LogP contribution in [0.5, 0.6) is 0 Å². The fraction of sp³-hybridized carbons (Fsp3) is 0.300. The van der Waals surface area contributed by atoms with Gasteiger partial charge in [0, 0.05) is 24.6 Å². The van der Waals surface area contributed by atoms with E-state index in [0.29, 0.717) is 37.6 Å². The van der Waals surface area contributed by atoms with Crippen LogP contribution < -0.4 is 5.32 Å². The molecule has 1 saturated heterocycles. The molecule has 1 fully saturated rings. The number of rotatable bonds is 6. The van der Waals surface area contributed by atoms with Gasteiger partial charge in [-0.2, -0.15) is 4.31 Å². The first-order valence-electron chi connectivity index (χ1n) is 9.27. The highest BCUT2D eigenvalue weighted by Crippen LogP contribution is 2.20. The number of hydrogen-bond donors (Lipinski definition) is 1. The summed E-state index contributed by atoms with van der Waals surface area (Å²) in [6.45, 7) is 1.51. The van der Waals surface area contributed by atoms with Crippen molar-refractivity contribution in [3.63, 3.8) is 0 Å². The summed E-state index contributed by atoms with van der Waals surface area (Å²) in [5.41, 5.74) is 0.694. The van der Waals surface area contributed by atoms with Crippen LogP contribution >= 0.6 is 15.9 Å². The Morgan fingerprint density at radius 1 is 1.10 bits per heavy atom. The first-order chi connectivity index (χ1) is 14.3. The van der Waals surface area contributed by atoms with Crippen molar-refractivity contribution in [2.75, 3.05) is 45.2 Å². The molecule has 10 heteroatoms. The van der Waals surface area contributed by atoms with Crippen LogP contribution in [0.2, 0.25) is 0 Å². The van der Waals surface area contributed by atoms with Crippen LogP contribution in [0.25, 0.3) is 0 Å². The van der Waals surface area contributed by atoms with Gasteiger partial charge in [0.2, 0.25) is 15.9 Å². The quantitative estimate of drug-likeness (QED) is 0.662. The minimum absolute atomic E-state index is 0.0869. The number of nitrogens with one attached hydrogen (secondary N) is 1. The molecule has 3 rings (SSSR count). The minimum Gasteiger partial charge on any atom is -0.378 e. The predicted octanol–water partition coefficient (Wildman–Crippen LogP) is 2.18. The Bertz CT molecular complexity index is 1020. The molecule has 1 heterocycles. The van der Waals surface area contributed by atoms with Crippen molar-refractivity contribution in [3.05, 3.63) is 58.6 Å². The van der Waals surface area contributed by atoms with Gasteiger partial charge in [0.25, 0.3) is 5.91 Å². The summed E-state index contributed by atoms with van der Waals surface area (Å²) in [7, 11) is -2.49. The minimum atomic E-state index is -3.82. The summed E-state index contributed by atoms with van der Waals surface area (Å²) < 4.78 is 32.3. The summed E-state index contributed by atoms with van der Waals surface area (Å²) in [4.78, 5) is 27.1. The number of carbonyl (C=O) groups is 2. The number of amides is 2. The van der Waals surface area contributed by atoms with Gasteiger partial charge in [-0.05, 0) is 36.4 Å². The third-order valence-corrected chi connectivity index (χ3v) is 6.96. The van der Waals surface area contributed by atoms with E-state index >= 15 is 0 Å². The molecule has 0 spiro atoms. The maximum Gasteiger partial charge on any atom is 0.256 e. The summed E-state index contributed by atoms with van der Waals surface area (Å²) in [6.07, 6.45) is 0. The smallest absolute Gasteiger partial charge is 0.256 e. The molecule has 8 nitrogen and oxygen atoms in total. The van der Waals surface area contributed by atoms with E-state index in [9.17, 15) is 18.0 Å². The fourth-order valence-electron chi connectivity index (χ4n) is 2.98. The molecule has 1 N–H and O–H groups in total. The van der Waals surface area contributed by atoms with Crippen LogP contribution in [0.4, 0.5) is 5.69 Å². The topological polar surface area (TPSA) is 96.0 Å². The van der Waals surface area contributed by atoms with Crippen molar-refractivity contribution in [3.8, 4) is 0 Å². The Hall–Kier alpha value is -2.27. The molecule has 160 valence electrons. The average Bonchev–Trinajstić information content (AvgIpc) is 2.74. The van der Waals surface area contributed by atoms with Gasteiger partial charge >= 0.3 is 0 Å². The van der Waals surface area contributed by atoms with Crippen LogP contribution in [0.15, 0.2) is 57.9 Å². The van der Waals surface area contributed by atoms with Gasteiger partial charge in [-0.15, -0.1) is 0 Å². The molecule has 0 unspecified atom stereocenters. The fourth-order valence-corrected chi connectivity index (χ4v) is 4.37. The number of carbonyl (C=O) groups excluding carboxylic acids is 2. The number of benzene rings is 2. The Morgan fingerprint density at radius 2 is 1.73 bits per heavy atom. The first-order valence-corrected chi connectivity index (χ1v) is 11.5. The zero-order valence-electron chi connectivity index (χ0n) is 16.4. The lowest BCUT2D eigenvalue weighted by atomic mass is 10.1. The SMILES string of the molecule is CN(CC(=O)Nc1ccccc1C(=O)N1CCOCC1)S(=O)(=O)c1ccc(Br)cc1. The van der Waals surface area contributed by atoms with Crippen molar-refractivity contribution in [2.24, 2.45) is 0 Å². The molecule has 0 atom stereocenters. The van der Waals surface area contributed by atoms with Crippen molar-refractivity contribution in [2.45, 2.75) is 4.90 Å². The lowest BCUT2D eigenvalue weighted by molar-refractivity contribution is -0.116. The molecule has 2 aromatic carbocycles. The number of ether oxygens (including phenoxy) is 1. The largest absolute Gasteiger partial charge is 0.378 e. The van der Waals surface area contributed by atoms with Crippen LogP contribution in [-0.4, -0.2) is 69.3 Å². The Morgan fingerprint density at radius 3 is 2.40 bits per heavy atom. The third kappa shape index (κ3) is 5.25. The number of sulfonamides is 1. The third-order valence-electron chi connectivity index (χ3n) is 4.62. The molecule has 1 aliphatic heterocycles. The van der Waals surface area contributed by atoms with Gasteiger partial charge in [-0.3, -0.25) is 9.59 Å². The van der Waals surface area contributed by atoms with Gasteiger partial charge in [-0.25, -0.2) is 8.42 Å². The van der Waals surface area contributed by atoms with Crippen molar-refractivity contribution in [1.29, 1.82) is 0 Å². The molecule has 1 aliphatic rings. The number of morpholine rings is 1. The van der Waals surface area contributed by atoms with Gasteiger partial charge in [0.1, 0.15) is 0 Å². The first kappa shape index (κ1) is 22.4. The number of para-hydroxylation sites is 1. The van der Waals surface area contributed by atoms with Crippen molar-refractivity contribution in [1.82, 2.24) is 9.21 Å². The zero-order chi connectivity index (χ0) is 21.7. The van der Waals surface area contributed by atoms with Crippen molar-refractivity contribution < 1.29 is 22.7 Å². The second kappa shape index (κ2) is 9.69. The summed E-state index contributed by atoms with van der Waals surface area (Å²) in [5, 5.41) is 2.66. The molecular formula is C20H22BrN3O5S. The van der Waals surface area contributed by atoms with E-state index in [1.807, 2.05) is 0 Å². The second-order valence-electron chi connectivity index (χ2n) is 6.71. The van der Waals surface area contributed by atoms with Crippen LogP contribution in [0.3, 0.4) is 0 Å². The molecule has 0 aliphatic carbocycles. The van der Waals surface area contributed by atoms with E-state index < -0.39 is 22.5 Å². The normalized spacial score (nSPS) is 14.6. The number of hydrogen-bond acceptors (Lipinski definition) is 5. The highest BCUT2D eigenvalue weighted by Gasteiger charge is 2.25.